The fourth-order valence-electron chi connectivity index (χ4n) is 1.60. The molecule has 0 bridgehead atoms. The molecular weight excluding hydrogens is 303 g/mol. The van der Waals surface area contributed by atoms with Gasteiger partial charge in [-0.3, -0.25) is 9.59 Å². The van der Waals surface area contributed by atoms with Crippen molar-refractivity contribution in [3.05, 3.63) is 57.8 Å². The lowest BCUT2D eigenvalue weighted by Gasteiger charge is -2.08. The predicted octanol–water partition coefficient (Wildman–Crippen LogP) is 3.38. The van der Waals surface area contributed by atoms with Crippen LogP contribution in [0.5, 0.6) is 0 Å². The number of thiophene rings is 1. The first kappa shape index (κ1) is 15.2. The molecule has 1 N–H and O–H groups in total. The number of hydrogen-bond acceptors (Lipinski definition) is 3. The number of carbonyl (C=O) groups excluding carboxylic acids is 2. The Kier molecular flexibility index (Phi) is 4.42. The van der Waals surface area contributed by atoms with Crippen LogP contribution in [0, 0.1) is 0 Å². The third-order valence-corrected chi connectivity index (χ3v) is 3.59. The van der Waals surface area contributed by atoms with Crippen LogP contribution in [-0.4, -0.2) is 18.2 Å². The lowest BCUT2D eigenvalue weighted by atomic mass is 10.1. The molecule has 7 heteroatoms. The van der Waals surface area contributed by atoms with Crippen molar-refractivity contribution in [1.29, 1.82) is 0 Å². The topological polar surface area (TPSA) is 46.2 Å². The Labute approximate surface area is 122 Å². The van der Waals surface area contributed by atoms with Gasteiger partial charge in [-0.2, -0.15) is 13.2 Å². The van der Waals surface area contributed by atoms with Gasteiger partial charge in [0.25, 0.3) is 5.91 Å². The summed E-state index contributed by atoms with van der Waals surface area (Å²) in [6, 6.07) is 7.17. The summed E-state index contributed by atoms with van der Waals surface area (Å²) in [5.41, 5.74) is -0.754. The minimum atomic E-state index is -4.44. The van der Waals surface area contributed by atoms with Crippen LogP contribution in [0.1, 0.15) is 25.6 Å². The van der Waals surface area contributed by atoms with E-state index >= 15 is 0 Å². The Morgan fingerprint density at radius 3 is 2.29 bits per heavy atom. The summed E-state index contributed by atoms with van der Waals surface area (Å²) in [6.07, 6.45) is -4.44. The Morgan fingerprint density at radius 2 is 1.76 bits per heavy atom. The first-order valence-electron chi connectivity index (χ1n) is 5.90. The molecule has 0 aliphatic carbocycles. The minimum Gasteiger partial charge on any atom is -0.345 e. The lowest BCUT2D eigenvalue weighted by Crippen LogP contribution is -2.29. The van der Waals surface area contributed by atoms with Crippen molar-refractivity contribution in [2.24, 2.45) is 0 Å². The third kappa shape index (κ3) is 3.91. The molecule has 0 atom stereocenters. The van der Waals surface area contributed by atoms with E-state index in [1.807, 2.05) is 0 Å². The second kappa shape index (κ2) is 6.09. The molecule has 0 spiro atoms. The van der Waals surface area contributed by atoms with Gasteiger partial charge in [0.2, 0.25) is 0 Å². The molecule has 0 radical (unpaired) electrons. The Hall–Kier alpha value is -2.15. The number of Topliss-reactive ketones (excluding diaryl/α,β-unsaturated/α-hetero) is 1. The highest BCUT2D eigenvalue weighted by Gasteiger charge is 2.30. The molecule has 0 unspecified atom stereocenters. The number of hydrogen-bond donors (Lipinski definition) is 1. The van der Waals surface area contributed by atoms with E-state index in [4.69, 9.17) is 0 Å². The molecule has 0 saturated heterocycles. The smallest absolute Gasteiger partial charge is 0.345 e. The number of ketones is 1. The molecule has 1 amide bonds. The number of halogens is 3. The van der Waals surface area contributed by atoms with Crippen LogP contribution in [0.25, 0.3) is 0 Å². The van der Waals surface area contributed by atoms with Gasteiger partial charge in [-0.25, -0.2) is 0 Å². The van der Waals surface area contributed by atoms with Gasteiger partial charge < -0.3 is 5.32 Å². The normalized spacial score (nSPS) is 11.2. The fourth-order valence-corrected chi connectivity index (χ4v) is 2.26. The Morgan fingerprint density at radius 1 is 1.10 bits per heavy atom. The minimum absolute atomic E-state index is 0.0713. The molecule has 21 heavy (non-hydrogen) atoms. The van der Waals surface area contributed by atoms with Crippen LogP contribution in [0.3, 0.4) is 0 Å². The van der Waals surface area contributed by atoms with E-state index in [2.05, 4.69) is 5.32 Å². The summed E-state index contributed by atoms with van der Waals surface area (Å²) in [5, 5.41) is 4.12. The molecule has 0 aliphatic heterocycles. The van der Waals surface area contributed by atoms with Crippen LogP contribution in [0.2, 0.25) is 0 Å². The molecule has 1 aromatic carbocycles. The summed E-state index contributed by atoms with van der Waals surface area (Å²) in [7, 11) is 0. The van der Waals surface area contributed by atoms with E-state index in [0.29, 0.717) is 4.88 Å². The van der Waals surface area contributed by atoms with Gasteiger partial charge in [0.1, 0.15) is 0 Å². The molecule has 0 aliphatic rings. The number of benzene rings is 1. The van der Waals surface area contributed by atoms with Crippen molar-refractivity contribution in [2.75, 3.05) is 6.54 Å². The van der Waals surface area contributed by atoms with Gasteiger partial charge in [-0.1, -0.05) is 6.07 Å². The van der Waals surface area contributed by atoms with Crippen molar-refractivity contribution >= 4 is 23.0 Å². The highest BCUT2D eigenvalue weighted by atomic mass is 32.1. The van der Waals surface area contributed by atoms with E-state index < -0.39 is 17.6 Å². The van der Waals surface area contributed by atoms with E-state index in [1.54, 1.807) is 17.5 Å². The molecule has 0 saturated carbocycles. The quantitative estimate of drug-likeness (QED) is 0.880. The average molecular weight is 313 g/mol. The molecule has 2 aromatic rings. The first-order valence-corrected chi connectivity index (χ1v) is 6.78. The standard InChI is InChI=1S/C14H10F3NO2S/c15-14(16,17)10-5-3-9(4-6-10)13(20)18-8-11(19)12-2-1-7-21-12/h1-7H,8H2,(H,18,20). The molecule has 1 heterocycles. The van der Waals surface area contributed by atoms with E-state index in [1.165, 1.54) is 11.3 Å². The summed E-state index contributed by atoms with van der Waals surface area (Å²) >= 11 is 1.26. The number of carbonyl (C=O) groups is 2. The zero-order valence-electron chi connectivity index (χ0n) is 10.6. The summed E-state index contributed by atoms with van der Waals surface area (Å²) in [5.74, 6) is -0.834. The highest BCUT2D eigenvalue weighted by Crippen LogP contribution is 2.29. The van der Waals surface area contributed by atoms with E-state index in [-0.39, 0.29) is 17.9 Å². The van der Waals surface area contributed by atoms with Gasteiger partial charge in [-0.05, 0) is 35.7 Å². The largest absolute Gasteiger partial charge is 0.416 e. The van der Waals surface area contributed by atoms with Crippen molar-refractivity contribution < 1.29 is 22.8 Å². The van der Waals surface area contributed by atoms with Gasteiger partial charge in [0, 0.05) is 5.56 Å². The zero-order valence-corrected chi connectivity index (χ0v) is 11.4. The number of alkyl halides is 3. The number of rotatable bonds is 4. The second-order valence-corrected chi connectivity index (χ2v) is 5.11. The lowest BCUT2D eigenvalue weighted by molar-refractivity contribution is -0.137. The molecule has 110 valence electrons. The summed E-state index contributed by atoms with van der Waals surface area (Å²) in [6.45, 7) is -0.194. The van der Waals surface area contributed by atoms with Crippen molar-refractivity contribution in [1.82, 2.24) is 5.32 Å². The van der Waals surface area contributed by atoms with Gasteiger partial charge in [0.15, 0.2) is 5.78 Å². The van der Waals surface area contributed by atoms with Crippen molar-refractivity contribution in [2.45, 2.75) is 6.18 Å². The molecule has 1 aromatic heterocycles. The van der Waals surface area contributed by atoms with Crippen LogP contribution >= 0.6 is 11.3 Å². The SMILES string of the molecule is O=C(NCC(=O)c1cccs1)c1ccc(C(F)(F)F)cc1. The maximum atomic E-state index is 12.4. The van der Waals surface area contributed by atoms with Crippen LogP contribution in [0.15, 0.2) is 41.8 Å². The molecule has 2 rings (SSSR count). The van der Waals surface area contributed by atoms with Crippen LogP contribution in [0.4, 0.5) is 13.2 Å². The number of amides is 1. The van der Waals surface area contributed by atoms with Crippen LogP contribution < -0.4 is 5.32 Å². The van der Waals surface area contributed by atoms with Gasteiger partial charge >= 0.3 is 6.18 Å². The van der Waals surface area contributed by atoms with E-state index in [9.17, 15) is 22.8 Å². The average Bonchev–Trinajstić information content (AvgIpc) is 2.98. The van der Waals surface area contributed by atoms with Crippen molar-refractivity contribution in [3.8, 4) is 0 Å². The van der Waals surface area contributed by atoms with Gasteiger partial charge in [0.05, 0.1) is 17.0 Å². The van der Waals surface area contributed by atoms with Gasteiger partial charge in [-0.15, -0.1) is 11.3 Å². The predicted molar refractivity (Wildman–Crippen MR) is 72.4 cm³/mol. The maximum absolute atomic E-state index is 12.4. The zero-order chi connectivity index (χ0) is 15.5. The fraction of sp³-hybridized carbons (Fsp3) is 0.143. The first-order chi connectivity index (χ1) is 9.88. The molecule has 3 nitrogen and oxygen atoms in total. The number of nitrogens with one attached hydrogen (secondary N) is 1. The summed E-state index contributed by atoms with van der Waals surface area (Å²) in [4.78, 5) is 23.9. The second-order valence-electron chi connectivity index (χ2n) is 4.16. The van der Waals surface area contributed by atoms with E-state index in [0.717, 1.165) is 24.3 Å². The summed E-state index contributed by atoms with van der Waals surface area (Å²) < 4.78 is 37.2. The highest BCUT2D eigenvalue weighted by molar-refractivity contribution is 7.12. The molecular formula is C14H10F3NO2S. The van der Waals surface area contributed by atoms with Crippen LogP contribution in [-0.2, 0) is 6.18 Å². The Balaban J connectivity index is 1.96. The monoisotopic (exact) mass is 313 g/mol. The van der Waals surface area contributed by atoms with Crippen molar-refractivity contribution in [3.63, 3.8) is 0 Å². The molecule has 0 fully saturated rings. The Bertz CT molecular complexity index is 633. The third-order valence-electron chi connectivity index (χ3n) is 2.68. The maximum Gasteiger partial charge on any atom is 0.416 e.